The summed E-state index contributed by atoms with van der Waals surface area (Å²) in [5.74, 6) is 2.28. The van der Waals surface area contributed by atoms with Crippen LogP contribution in [0.15, 0.2) is 36.5 Å². The quantitative estimate of drug-likeness (QED) is 0.755. The van der Waals surface area contributed by atoms with Crippen LogP contribution in [0.1, 0.15) is 39.4 Å². The van der Waals surface area contributed by atoms with Crippen LogP contribution in [-0.2, 0) is 0 Å². The van der Waals surface area contributed by atoms with Gasteiger partial charge in [0, 0.05) is 30.8 Å². The molecule has 1 amide bonds. The average Bonchev–Trinajstić information content (AvgIpc) is 2.74. The van der Waals surface area contributed by atoms with Crippen molar-refractivity contribution in [1.29, 1.82) is 0 Å². The summed E-state index contributed by atoms with van der Waals surface area (Å²) in [4.78, 5) is 28.6. The molecule has 7 nitrogen and oxygen atoms in total. The Balaban J connectivity index is 0.000000221. The van der Waals surface area contributed by atoms with Crippen molar-refractivity contribution in [2.45, 2.75) is 13.0 Å². The molecule has 1 aliphatic rings. The van der Waals surface area contributed by atoms with Crippen molar-refractivity contribution in [2.24, 2.45) is 0 Å². The van der Waals surface area contributed by atoms with E-state index in [-0.39, 0.29) is 17.2 Å². The molecule has 8 heteroatoms. The van der Waals surface area contributed by atoms with Crippen LogP contribution in [0.5, 0.6) is 11.5 Å². The molecule has 1 unspecified atom stereocenters. The van der Waals surface area contributed by atoms with Gasteiger partial charge in [-0.05, 0) is 31.2 Å². The molecule has 0 aliphatic carbocycles. The van der Waals surface area contributed by atoms with E-state index in [1.54, 1.807) is 37.4 Å². The number of carbonyl (C=O) groups excluding carboxylic acids is 2. The third-order valence-electron chi connectivity index (χ3n) is 4.14. The summed E-state index contributed by atoms with van der Waals surface area (Å²) in [5.41, 5.74) is 1.18. The minimum atomic E-state index is -0.714. The molecule has 0 spiro atoms. The maximum Gasteiger partial charge on any atom is 0.255 e. The first-order valence-corrected chi connectivity index (χ1v) is 9.96. The number of phenols is 1. The number of ether oxygens (including phenoxy) is 1. The van der Waals surface area contributed by atoms with Gasteiger partial charge < -0.3 is 19.8 Å². The zero-order valence-electron chi connectivity index (χ0n) is 15.9. The van der Waals surface area contributed by atoms with Gasteiger partial charge in [0.1, 0.15) is 11.5 Å². The first-order valence-electron chi connectivity index (χ1n) is 8.80. The normalized spacial score (nSPS) is 14.5. The lowest BCUT2D eigenvalue weighted by Gasteiger charge is -2.27. The number of thioether (sulfide) groups is 1. The molecule has 1 aromatic heterocycles. The molecule has 0 bridgehead atoms. The molecule has 0 radical (unpaired) electrons. The Morgan fingerprint density at radius 2 is 2.00 bits per heavy atom. The molecule has 2 aromatic rings. The first-order chi connectivity index (χ1) is 13.5. The predicted octanol–water partition coefficient (Wildman–Crippen LogP) is 2.54. The second kappa shape index (κ2) is 10.7. The van der Waals surface area contributed by atoms with Crippen molar-refractivity contribution < 1.29 is 24.5 Å². The maximum atomic E-state index is 12.3. The highest BCUT2D eigenvalue weighted by Gasteiger charge is 2.22. The fourth-order valence-corrected chi connectivity index (χ4v) is 3.60. The number of aldehydes is 1. The number of aromatic hydroxyl groups is 1. The number of amides is 1. The van der Waals surface area contributed by atoms with Crippen LogP contribution in [-0.4, -0.2) is 64.0 Å². The van der Waals surface area contributed by atoms with E-state index in [1.165, 1.54) is 13.2 Å². The molecular formula is C20H24N2O5S. The third-order valence-corrected chi connectivity index (χ3v) is 5.09. The number of rotatable bonds is 4. The summed E-state index contributed by atoms with van der Waals surface area (Å²) >= 11 is 1.86. The molecule has 0 saturated carbocycles. The van der Waals surface area contributed by atoms with E-state index >= 15 is 0 Å². The van der Waals surface area contributed by atoms with E-state index in [4.69, 9.17) is 9.84 Å². The Hall–Kier alpha value is -2.58. The van der Waals surface area contributed by atoms with Crippen LogP contribution < -0.4 is 4.74 Å². The van der Waals surface area contributed by atoms with Crippen molar-refractivity contribution in [3.8, 4) is 11.5 Å². The van der Waals surface area contributed by atoms with E-state index in [2.05, 4.69) is 4.98 Å². The van der Waals surface area contributed by atoms with Crippen LogP contribution in [0.3, 0.4) is 0 Å². The van der Waals surface area contributed by atoms with Gasteiger partial charge in [0.05, 0.1) is 30.0 Å². The third kappa shape index (κ3) is 5.46. The number of carbonyl (C=O) groups is 2. The first kappa shape index (κ1) is 21.7. The summed E-state index contributed by atoms with van der Waals surface area (Å²) in [6.45, 7) is 3.18. The molecule has 1 fully saturated rings. The summed E-state index contributed by atoms with van der Waals surface area (Å²) in [6, 6.07) is 8.13. The van der Waals surface area contributed by atoms with Crippen LogP contribution in [0.25, 0.3) is 0 Å². The van der Waals surface area contributed by atoms with Crippen molar-refractivity contribution in [3.05, 3.63) is 53.3 Å². The number of pyridine rings is 1. The summed E-state index contributed by atoms with van der Waals surface area (Å²) < 4.78 is 4.83. The molecule has 3 rings (SSSR count). The fraction of sp³-hybridized carbons (Fsp3) is 0.350. The number of methoxy groups -OCH3 is 1. The minimum absolute atomic E-state index is 0.0192. The van der Waals surface area contributed by atoms with Gasteiger partial charge >= 0.3 is 0 Å². The molecular weight excluding hydrogens is 380 g/mol. The number of nitrogens with zero attached hydrogens (tertiary/aromatic N) is 2. The van der Waals surface area contributed by atoms with Crippen molar-refractivity contribution >= 4 is 24.0 Å². The Morgan fingerprint density at radius 3 is 2.57 bits per heavy atom. The van der Waals surface area contributed by atoms with Gasteiger partial charge in [0.15, 0.2) is 6.29 Å². The summed E-state index contributed by atoms with van der Waals surface area (Å²) in [7, 11) is 1.45. The highest BCUT2D eigenvalue weighted by atomic mass is 32.2. The number of aliphatic hydroxyl groups is 1. The molecule has 28 heavy (non-hydrogen) atoms. The summed E-state index contributed by atoms with van der Waals surface area (Å²) in [6.07, 6.45) is 1.45. The van der Waals surface area contributed by atoms with Crippen molar-refractivity contribution in [1.82, 2.24) is 9.88 Å². The number of hydrogen-bond donors (Lipinski definition) is 2. The Morgan fingerprint density at radius 1 is 1.29 bits per heavy atom. The number of hydrogen-bond acceptors (Lipinski definition) is 7. The predicted molar refractivity (Wildman–Crippen MR) is 108 cm³/mol. The fourth-order valence-electron chi connectivity index (χ4n) is 2.70. The van der Waals surface area contributed by atoms with E-state index < -0.39 is 6.10 Å². The minimum Gasteiger partial charge on any atom is -0.507 e. The monoisotopic (exact) mass is 404 g/mol. The van der Waals surface area contributed by atoms with Gasteiger partial charge in [-0.2, -0.15) is 11.8 Å². The summed E-state index contributed by atoms with van der Waals surface area (Å²) in [5, 5.41) is 18.7. The molecule has 1 saturated heterocycles. The van der Waals surface area contributed by atoms with Gasteiger partial charge in [-0.1, -0.05) is 6.07 Å². The van der Waals surface area contributed by atoms with E-state index in [0.29, 0.717) is 23.3 Å². The zero-order chi connectivity index (χ0) is 20.5. The average molecular weight is 404 g/mol. The highest BCUT2D eigenvalue weighted by Crippen LogP contribution is 2.24. The van der Waals surface area contributed by atoms with Crippen LogP contribution in [0.2, 0.25) is 0 Å². The van der Waals surface area contributed by atoms with E-state index in [9.17, 15) is 14.7 Å². The van der Waals surface area contributed by atoms with Gasteiger partial charge in [0.2, 0.25) is 0 Å². The van der Waals surface area contributed by atoms with Gasteiger partial charge in [-0.25, -0.2) is 0 Å². The number of benzene rings is 1. The van der Waals surface area contributed by atoms with Gasteiger partial charge in [-0.3, -0.25) is 14.6 Å². The molecule has 2 N–H and O–H groups in total. The van der Waals surface area contributed by atoms with Crippen LogP contribution in [0.4, 0.5) is 0 Å². The second-order valence-electron chi connectivity index (χ2n) is 6.03. The highest BCUT2D eigenvalue weighted by molar-refractivity contribution is 7.99. The number of aliphatic hydroxyl groups excluding tert-OH is 1. The zero-order valence-corrected chi connectivity index (χ0v) is 16.7. The van der Waals surface area contributed by atoms with E-state index in [0.717, 1.165) is 24.6 Å². The van der Waals surface area contributed by atoms with Gasteiger partial charge in [-0.15, -0.1) is 0 Å². The molecule has 1 aliphatic heterocycles. The lowest BCUT2D eigenvalue weighted by molar-refractivity contribution is 0.0764. The molecule has 150 valence electrons. The Kier molecular flexibility index (Phi) is 8.28. The van der Waals surface area contributed by atoms with Crippen molar-refractivity contribution in [3.63, 3.8) is 0 Å². The largest absolute Gasteiger partial charge is 0.507 e. The Bertz CT molecular complexity index is 807. The Labute approximate surface area is 168 Å². The molecule has 1 aromatic carbocycles. The lowest BCUT2D eigenvalue weighted by atomic mass is 10.1. The smallest absolute Gasteiger partial charge is 0.255 e. The van der Waals surface area contributed by atoms with E-state index in [1.807, 2.05) is 16.7 Å². The van der Waals surface area contributed by atoms with Gasteiger partial charge in [0.25, 0.3) is 5.91 Å². The SMILES string of the molecule is CC(O)c1ncccc1C(=O)N1CCSCC1.COc1cccc(O)c1C=O. The second-order valence-corrected chi connectivity index (χ2v) is 7.25. The maximum absolute atomic E-state index is 12.3. The van der Waals surface area contributed by atoms with Crippen molar-refractivity contribution in [2.75, 3.05) is 31.7 Å². The lowest BCUT2D eigenvalue weighted by Crippen LogP contribution is -2.38. The van der Waals surface area contributed by atoms with Crippen LogP contribution >= 0.6 is 11.8 Å². The number of aromatic nitrogens is 1. The molecule has 1 atom stereocenters. The standard InChI is InChI=1S/C12H16N2O2S.C8H8O3/c1-9(15)11-10(3-2-4-13-11)12(16)14-5-7-17-8-6-14;1-11-8-4-2-3-7(10)6(8)5-9/h2-4,9,15H,5-8H2,1H3;2-5,10H,1H3. The number of phenolic OH excluding ortho intramolecular Hbond substituents is 1. The van der Waals surface area contributed by atoms with Crippen LogP contribution in [0, 0.1) is 0 Å². The topological polar surface area (TPSA) is 100.0 Å². The molecule has 2 heterocycles.